The molecule has 5 heteroatoms. The summed E-state index contributed by atoms with van der Waals surface area (Å²) in [6, 6.07) is 12.7. The molecule has 1 heterocycles. The van der Waals surface area contributed by atoms with Gasteiger partial charge in [-0.15, -0.1) is 0 Å². The SMILES string of the molecule is CC1=[N+](CCCCS(=O)(=O)O)c2ccc3ccccc3c2C1C. The summed E-state index contributed by atoms with van der Waals surface area (Å²) in [5.74, 6) is 0.192. The fourth-order valence-corrected chi connectivity index (χ4v) is 4.03. The van der Waals surface area contributed by atoms with Crippen LogP contribution in [0.15, 0.2) is 36.4 Å². The Kier molecular flexibility index (Phi) is 4.25. The first-order valence-electron chi connectivity index (χ1n) is 7.96. The Labute approximate surface area is 137 Å². The van der Waals surface area contributed by atoms with E-state index in [1.807, 2.05) is 0 Å². The zero-order valence-corrected chi connectivity index (χ0v) is 14.3. The van der Waals surface area contributed by atoms with Crippen molar-refractivity contribution in [3.63, 3.8) is 0 Å². The number of nitrogens with zero attached hydrogens (tertiary/aromatic N) is 1. The molecule has 2 aromatic rings. The molecule has 1 aliphatic heterocycles. The zero-order chi connectivity index (χ0) is 16.6. The molecule has 1 unspecified atom stereocenters. The van der Waals surface area contributed by atoms with E-state index in [9.17, 15) is 8.42 Å². The molecule has 0 aromatic heterocycles. The Balaban J connectivity index is 1.87. The van der Waals surface area contributed by atoms with E-state index in [0.29, 0.717) is 12.3 Å². The molecule has 0 fully saturated rings. The first kappa shape index (κ1) is 16.1. The van der Waals surface area contributed by atoms with Gasteiger partial charge in [-0.1, -0.05) is 24.3 Å². The van der Waals surface area contributed by atoms with Crippen molar-refractivity contribution < 1.29 is 17.5 Å². The van der Waals surface area contributed by atoms with Crippen LogP contribution in [0.5, 0.6) is 0 Å². The minimum atomic E-state index is -3.86. The van der Waals surface area contributed by atoms with Gasteiger partial charge in [0.1, 0.15) is 6.54 Å². The highest BCUT2D eigenvalue weighted by Gasteiger charge is 2.34. The maximum atomic E-state index is 10.8. The third kappa shape index (κ3) is 3.16. The summed E-state index contributed by atoms with van der Waals surface area (Å²) >= 11 is 0. The summed E-state index contributed by atoms with van der Waals surface area (Å²) in [6.45, 7) is 5.14. The molecule has 122 valence electrons. The van der Waals surface area contributed by atoms with Crippen LogP contribution < -0.4 is 0 Å². The molecule has 1 N–H and O–H groups in total. The summed E-state index contributed by atoms with van der Waals surface area (Å²) in [5.41, 5.74) is 3.87. The molecule has 1 atom stereocenters. The second kappa shape index (κ2) is 6.06. The zero-order valence-electron chi connectivity index (χ0n) is 13.5. The number of rotatable bonds is 5. The van der Waals surface area contributed by atoms with Crippen LogP contribution in [0.2, 0.25) is 0 Å². The molecule has 3 rings (SSSR count). The van der Waals surface area contributed by atoms with Gasteiger partial charge in [0, 0.05) is 25.0 Å². The van der Waals surface area contributed by atoms with Gasteiger partial charge in [-0.25, -0.2) is 0 Å². The highest BCUT2D eigenvalue weighted by Crippen LogP contribution is 2.39. The Morgan fingerprint density at radius 1 is 1.13 bits per heavy atom. The molecule has 0 amide bonds. The van der Waals surface area contributed by atoms with Crippen LogP contribution in [-0.2, 0) is 10.1 Å². The summed E-state index contributed by atoms with van der Waals surface area (Å²) in [6.07, 6.45) is 1.20. The van der Waals surface area contributed by atoms with E-state index in [2.05, 4.69) is 54.8 Å². The predicted molar refractivity (Wildman–Crippen MR) is 93.5 cm³/mol. The van der Waals surface area contributed by atoms with Crippen molar-refractivity contribution in [3.8, 4) is 0 Å². The van der Waals surface area contributed by atoms with E-state index in [-0.39, 0.29) is 5.75 Å². The van der Waals surface area contributed by atoms with Gasteiger partial charge in [-0.05, 0) is 30.2 Å². The Bertz CT molecular complexity index is 884. The predicted octanol–water partition coefficient (Wildman–Crippen LogP) is 3.73. The standard InChI is InChI=1S/C18H21NO3S/c1-13-14(2)19(11-5-6-12-23(20,21)22)17-10-9-15-7-3-4-8-16(15)18(13)17/h3-4,7-10,13H,5-6,11-12H2,1-2H3/p+1. The van der Waals surface area contributed by atoms with Crippen LogP contribution >= 0.6 is 0 Å². The Morgan fingerprint density at radius 2 is 1.87 bits per heavy atom. The van der Waals surface area contributed by atoms with Crippen LogP contribution in [0.1, 0.15) is 38.2 Å². The van der Waals surface area contributed by atoms with Crippen molar-refractivity contribution in [2.24, 2.45) is 0 Å². The van der Waals surface area contributed by atoms with Crippen LogP contribution in [0, 0.1) is 0 Å². The lowest BCUT2D eigenvalue weighted by atomic mass is 9.93. The fraction of sp³-hybridized carbons (Fsp3) is 0.389. The average molecular weight is 332 g/mol. The molecule has 2 aromatic carbocycles. The molecule has 0 spiro atoms. The highest BCUT2D eigenvalue weighted by molar-refractivity contribution is 7.85. The molecule has 0 saturated heterocycles. The van der Waals surface area contributed by atoms with Crippen LogP contribution in [0.4, 0.5) is 5.69 Å². The van der Waals surface area contributed by atoms with Gasteiger partial charge in [0.05, 0.1) is 11.7 Å². The Morgan fingerprint density at radius 3 is 2.61 bits per heavy atom. The molecule has 4 nitrogen and oxygen atoms in total. The van der Waals surface area contributed by atoms with E-state index in [4.69, 9.17) is 4.55 Å². The van der Waals surface area contributed by atoms with Gasteiger partial charge in [-0.2, -0.15) is 13.0 Å². The normalized spacial score (nSPS) is 17.8. The minimum Gasteiger partial charge on any atom is -0.286 e. The van der Waals surface area contributed by atoms with Gasteiger partial charge >= 0.3 is 0 Å². The van der Waals surface area contributed by atoms with E-state index in [1.165, 1.54) is 27.7 Å². The van der Waals surface area contributed by atoms with Crippen molar-refractivity contribution >= 4 is 32.3 Å². The van der Waals surface area contributed by atoms with Gasteiger partial charge in [0.2, 0.25) is 5.69 Å². The molecule has 1 aliphatic rings. The monoisotopic (exact) mass is 332 g/mol. The number of fused-ring (bicyclic) bond motifs is 3. The Hall–Kier alpha value is -1.72. The van der Waals surface area contributed by atoms with E-state index in [1.54, 1.807) is 0 Å². The second-order valence-corrected chi connectivity index (χ2v) is 7.80. The van der Waals surface area contributed by atoms with Crippen molar-refractivity contribution in [3.05, 3.63) is 42.0 Å². The highest BCUT2D eigenvalue weighted by atomic mass is 32.2. The second-order valence-electron chi connectivity index (χ2n) is 6.23. The van der Waals surface area contributed by atoms with Gasteiger partial charge < -0.3 is 0 Å². The molecule has 0 aliphatic carbocycles. The molecule has 0 saturated carbocycles. The molecular weight excluding hydrogens is 310 g/mol. The van der Waals surface area contributed by atoms with Crippen LogP contribution in [-0.4, -0.2) is 35.6 Å². The largest absolute Gasteiger partial charge is 0.286 e. The van der Waals surface area contributed by atoms with Crippen molar-refractivity contribution in [2.75, 3.05) is 12.3 Å². The molecule has 23 heavy (non-hydrogen) atoms. The summed E-state index contributed by atoms with van der Waals surface area (Å²) in [7, 11) is -3.86. The van der Waals surface area contributed by atoms with Crippen molar-refractivity contribution in [2.45, 2.75) is 32.6 Å². The first-order chi connectivity index (χ1) is 10.9. The molecule has 0 radical (unpaired) electrons. The lowest BCUT2D eigenvalue weighted by Gasteiger charge is -2.06. The van der Waals surface area contributed by atoms with E-state index in [0.717, 1.165) is 13.0 Å². The minimum absolute atomic E-state index is 0.167. The third-order valence-corrected chi connectivity index (χ3v) is 5.56. The summed E-state index contributed by atoms with van der Waals surface area (Å²) in [4.78, 5) is 0. The smallest absolute Gasteiger partial charge is 0.264 e. The fourth-order valence-electron chi connectivity index (χ4n) is 3.46. The first-order valence-corrected chi connectivity index (χ1v) is 9.57. The van der Waals surface area contributed by atoms with E-state index < -0.39 is 10.1 Å². The summed E-state index contributed by atoms with van der Waals surface area (Å²) < 4.78 is 32.8. The number of unbranched alkanes of at least 4 members (excludes halogenated alkanes) is 1. The summed E-state index contributed by atoms with van der Waals surface area (Å²) in [5, 5.41) is 2.54. The number of benzene rings is 2. The van der Waals surface area contributed by atoms with Crippen LogP contribution in [0.25, 0.3) is 10.8 Å². The maximum Gasteiger partial charge on any atom is 0.264 e. The van der Waals surface area contributed by atoms with Gasteiger partial charge in [0.25, 0.3) is 10.1 Å². The molecule has 0 bridgehead atoms. The lowest BCUT2D eigenvalue weighted by Crippen LogP contribution is -2.14. The number of hydrogen-bond acceptors (Lipinski definition) is 2. The number of hydrogen-bond donors (Lipinski definition) is 1. The maximum absolute atomic E-state index is 10.8. The van der Waals surface area contributed by atoms with Gasteiger partial charge in [0.15, 0.2) is 5.71 Å². The quantitative estimate of drug-likeness (QED) is 0.516. The molecular formula is C18H22NO3S+. The van der Waals surface area contributed by atoms with Gasteiger partial charge in [-0.3, -0.25) is 4.55 Å². The van der Waals surface area contributed by atoms with Crippen molar-refractivity contribution in [1.82, 2.24) is 0 Å². The van der Waals surface area contributed by atoms with Crippen LogP contribution in [0.3, 0.4) is 0 Å². The third-order valence-electron chi connectivity index (χ3n) is 4.76. The lowest BCUT2D eigenvalue weighted by molar-refractivity contribution is -0.439. The topological polar surface area (TPSA) is 57.4 Å². The average Bonchev–Trinajstić information content (AvgIpc) is 2.75. The van der Waals surface area contributed by atoms with E-state index >= 15 is 0 Å². The van der Waals surface area contributed by atoms with Crippen molar-refractivity contribution in [1.29, 1.82) is 0 Å².